The van der Waals surface area contributed by atoms with Crippen molar-refractivity contribution >= 4 is 5.97 Å². The molecule has 0 aliphatic heterocycles. The third-order valence-electron chi connectivity index (χ3n) is 3.31. The van der Waals surface area contributed by atoms with E-state index in [-0.39, 0.29) is 23.2 Å². The molecule has 1 N–H and O–H groups in total. The predicted octanol–water partition coefficient (Wildman–Crippen LogP) is 1.98. The zero-order chi connectivity index (χ0) is 11.9. The Labute approximate surface area is 91.8 Å². The number of rotatable bonds is 4. The second kappa shape index (κ2) is 3.78. The maximum atomic E-state index is 11.6. The maximum Gasteiger partial charge on any atom is 0.309 e. The number of hydrogen-bond acceptors (Lipinski definition) is 3. The van der Waals surface area contributed by atoms with Crippen LogP contribution in [0.15, 0.2) is 0 Å². The van der Waals surface area contributed by atoms with Gasteiger partial charge in [-0.05, 0) is 38.5 Å². The Morgan fingerprint density at radius 3 is 2.40 bits per heavy atom. The molecule has 3 heteroatoms. The fourth-order valence-electron chi connectivity index (χ4n) is 2.36. The second-order valence-electron chi connectivity index (χ2n) is 5.67. The third kappa shape index (κ3) is 2.71. The molecule has 0 bridgehead atoms. The molecule has 88 valence electrons. The van der Waals surface area contributed by atoms with E-state index in [2.05, 4.69) is 13.8 Å². The van der Waals surface area contributed by atoms with Crippen LogP contribution in [0.3, 0.4) is 0 Å². The van der Waals surface area contributed by atoms with E-state index in [0.717, 1.165) is 0 Å². The highest BCUT2D eigenvalue weighted by Crippen LogP contribution is 2.61. The Morgan fingerprint density at radius 2 is 2.00 bits per heavy atom. The zero-order valence-corrected chi connectivity index (χ0v) is 10.3. The van der Waals surface area contributed by atoms with Gasteiger partial charge in [-0.25, -0.2) is 0 Å². The molecule has 15 heavy (non-hydrogen) atoms. The Bertz CT molecular complexity index is 250. The molecule has 0 aromatic heterocycles. The SMILES string of the molecule is CCOC(=O)[C@H]1[C@@H](CC(C)(C)O)C1(C)C. The molecule has 0 radical (unpaired) electrons. The molecule has 0 spiro atoms. The van der Waals surface area contributed by atoms with E-state index < -0.39 is 5.60 Å². The highest BCUT2D eigenvalue weighted by atomic mass is 16.5. The Hall–Kier alpha value is -0.570. The summed E-state index contributed by atoms with van der Waals surface area (Å²) in [5, 5.41) is 9.74. The molecule has 0 aromatic rings. The summed E-state index contributed by atoms with van der Waals surface area (Å²) >= 11 is 0. The van der Waals surface area contributed by atoms with Gasteiger partial charge in [0.1, 0.15) is 0 Å². The van der Waals surface area contributed by atoms with E-state index in [1.54, 1.807) is 13.8 Å². The maximum absolute atomic E-state index is 11.6. The van der Waals surface area contributed by atoms with Crippen molar-refractivity contribution in [1.29, 1.82) is 0 Å². The third-order valence-corrected chi connectivity index (χ3v) is 3.31. The fourth-order valence-corrected chi connectivity index (χ4v) is 2.36. The Balaban J connectivity index is 2.59. The molecule has 0 heterocycles. The smallest absolute Gasteiger partial charge is 0.309 e. The van der Waals surface area contributed by atoms with Gasteiger partial charge in [0.15, 0.2) is 0 Å². The Morgan fingerprint density at radius 1 is 1.47 bits per heavy atom. The van der Waals surface area contributed by atoms with E-state index in [4.69, 9.17) is 4.74 Å². The van der Waals surface area contributed by atoms with Crippen LogP contribution < -0.4 is 0 Å². The summed E-state index contributed by atoms with van der Waals surface area (Å²) in [5.74, 6) is 0.0946. The van der Waals surface area contributed by atoms with Crippen molar-refractivity contribution < 1.29 is 14.6 Å². The van der Waals surface area contributed by atoms with Crippen LogP contribution in [0.4, 0.5) is 0 Å². The summed E-state index contributed by atoms with van der Waals surface area (Å²) in [6.45, 7) is 9.93. The van der Waals surface area contributed by atoms with Crippen LogP contribution in [0.5, 0.6) is 0 Å². The lowest BCUT2D eigenvalue weighted by molar-refractivity contribution is -0.145. The average Bonchev–Trinajstić information content (AvgIpc) is 2.50. The molecule has 0 unspecified atom stereocenters. The highest BCUT2D eigenvalue weighted by molar-refractivity contribution is 5.77. The van der Waals surface area contributed by atoms with Crippen molar-refractivity contribution in [3.8, 4) is 0 Å². The number of ether oxygens (including phenoxy) is 1. The van der Waals surface area contributed by atoms with Gasteiger partial charge in [0.05, 0.1) is 18.1 Å². The molecule has 1 aliphatic carbocycles. The van der Waals surface area contributed by atoms with Crippen molar-refractivity contribution in [3.63, 3.8) is 0 Å². The van der Waals surface area contributed by atoms with Crippen LogP contribution in [0.25, 0.3) is 0 Å². The Kier molecular flexibility index (Phi) is 3.15. The van der Waals surface area contributed by atoms with Gasteiger partial charge in [-0.3, -0.25) is 4.79 Å². The number of hydrogen-bond donors (Lipinski definition) is 1. The first-order chi connectivity index (χ1) is 6.70. The molecule has 0 aromatic carbocycles. The van der Waals surface area contributed by atoms with Crippen LogP contribution >= 0.6 is 0 Å². The molecule has 2 atom stereocenters. The minimum atomic E-state index is -0.705. The second-order valence-corrected chi connectivity index (χ2v) is 5.67. The zero-order valence-electron chi connectivity index (χ0n) is 10.3. The van der Waals surface area contributed by atoms with Gasteiger partial charge in [0.2, 0.25) is 0 Å². The fraction of sp³-hybridized carbons (Fsp3) is 0.917. The molecule has 1 aliphatic rings. The van der Waals surface area contributed by atoms with E-state index >= 15 is 0 Å². The van der Waals surface area contributed by atoms with Crippen LogP contribution in [-0.2, 0) is 9.53 Å². The van der Waals surface area contributed by atoms with Gasteiger partial charge >= 0.3 is 5.97 Å². The van der Waals surface area contributed by atoms with Crippen molar-refractivity contribution in [3.05, 3.63) is 0 Å². The standard InChI is InChI=1S/C12H22O3/c1-6-15-10(13)9-8(12(9,4)5)7-11(2,3)14/h8-9,14H,6-7H2,1-5H3/t8-,9-/m1/s1. The minimum Gasteiger partial charge on any atom is -0.466 e. The number of carbonyl (C=O) groups is 1. The van der Waals surface area contributed by atoms with Crippen molar-refractivity contribution in [2.45, 2.75) is 46.6 Å². The topological polar surface area (TPSA) is 46.5 Å². The number of aliphatic hydroxyl groups is 1. The molecule has 1 rings (SSSR count). The van der Waals surface area contributed by atoms with Gasteiger partial charge < -0.3 is 9.84 Å². The predicted molar refractivity (Wildman–Crippen MR) is 58.3 cm³/mol. The van der Waals surface area contributed by atoms with Gasteiger partial charge in [-0.1, -0.05) is 13.8 Å². The monoisotopic (exact) mass is 214 g/mol. The van der Waals surface area contributed by atoms with Crippen LogP contribution in [0, 0.1) is 17.3 Å². The normalized spacial score (nSPS) is 28.7. The van der Waals surface area contributed by atoms with Crippen LogP contribution in [0.2, 0.25) is 0 Å². The molecule has 1 saturated carbocycles. The summed E-state index contributed by atoms with van der Waals surface area (Å²) in [6.07, 6.45) is 0.656. The lowest BCUT2D eigenvalue weighted by Crippen LogP contribution is -2.20. The summed E-state index contributed by atoms with van der Waals surface area (Å²) in [7, 11) is 0. The lowest BCUT2D eigenvalue weighted by atomic mass is 9.97. The van der Waals surface area contributed by atoms with Gasteiger partial charge in [-0.2, -0.15) is 0 Å². The first-order valence-electron chi connectivity index (χ1n) is 5.59. The molecular weight excluding hydrogens is 192 g/mol. The molecule has 1 fully saturated rings. The molecule has 0 saturated heterocycles. The van der Waals surface area contributed by atoms with E-state index in [9.17, 15) is 9.90 Å². The largest absolute Gasteiger partial charge is 0.466 e. The first-order valence-corrected chi connectivity index (χ1v) is 5.59. The van der Waals surface area contributed by atoms with Gasteiger partial charge in [0, 0.05) is 0 Å². The minimum absolute atomic E-state index is 0.0216. The number of esters is 1. The van der Waals surface area contributed by atoms with Crippen LogP contribution in [-0.4, -0.2) is 23.3 Å². The van der Waals surface area contributed by atoms with E-state index in [1.807, 2.05) is 6.92 Å². The van der Waals surface area contributed by atoms with E-state index in [0.29, 0.717) is 13.0 Å². The summed E-state index contributed by atoms with van der Waals surface area (Å²) in [5.41, 5.74) is -0.727. The lowest BCUT2D eigenvalue weighted by Gasteiger charge is -2.17. The van der Waals surface area contributed by atoms with E-state index in [1.165, 1.54) is 0 Å². The number of carbonyl (C=O) groups excluding carboxylic acids is 1. The summed E-state index contributed by atoms with van der Waals surface area (Å²) in [4.78, 5) is 11.6. The van der Waals surface area contributed by atoms with Gasteiger partial charge in [0.25, 0.3) is 0 Å². The molecular formula is C12H22O3. The van der Waals surface area contributed by atoms with Crippen molar-refractivity contribution in [1.82, 2.24) is 0 Å². The summed E-state index contributed by atoms with van der Waals surface area (Å²) < 4.78 is 5.03. The summed E-state index contributed by atoms with van der Waals surface area (Å²) in [6, 6.07) is 0. The quantitative estimate of drug-likeness (QED) is 0.728. The molecule has 0 amide bonds. The highest BCUT2D eigenvalue weighted by Gasteiger charge is 2.63. The first kappa shape index (κ1) is 12.5. The van der Waals surface area contributed by atoms with Crippen molar-refractivity contribution in [2.75, 3.05) is 6.61 Å². The average molecular weight is 214 g/mol. The van der Waals surface area contributed by atoms with Crippen molar-refractivity contribution in [2.24, 2.45) is 17.3 Å². The molecule has 3 nitrogen and oxygen atoms in total. The van der Waals surface area contributed by atoms with Gasteiger partial charge in [-0.15, -0.1) is 0 Å². The van der Waals surface area contributed by atoms with Crippen LogP contribution in [0.1, 0.15) is 41.0 Å².